The lowest BCUT2D eigenvalue weighted by Crippen LogP contribution is -2.65. The molecule has 15 rings (SSSR count). The van der Waals surface area contributed by atoms with Gasteiger partial charge in [-0.15, -0.1) is 0 Å². The van der Waals surface area contributed by atoms with Crippen molar-refractivity contribution in [2.45, 2.75) is 223 Å². The molecule has 2 atom stereocenters. The molecule has 2 aromatic heterocycles. The summed E-state index contributed by atoms with van der Waals surface area (Å²) in [5.74, 6) is 1.77. The van der Waals surface area contributed by atoms with Crippen LogP contribution in [0, 0.1) is 28.6 Å². The Kier molecular flexibility index (Phi) is 25.7. The number of aryl methyl sites for hydroxylation is 3. The monoisotopic (exact) mass is 1600 g/mol. The van der Waals surface area contributed by atoms with E-state index in [-0.39, 0.29) is 55.5 Å². The van der Waals surface area contributed by atoms with E-state index in [4.69, 9.17) is 0 Å². The van der Waals surface area contributed by atoms with Gasteiger partial charge in [0.15, 0.2) is 0 Å². The Morgan fingerprint density at radius 3 is 0.958 bits per heavy atom. The molecule has 7 aromatic carbocycles. The molecule has 0 aliphatic carbocycles. The second-order valence-electron chi connectivity index (χ2n) is 40.4. The Balaban J connectivity index is 0.000000148. The normalized spacial score (nSPS) is 17.0. The minimum Gasteiger partial charge on any atom is -0.406 e. The molecule has 0 N–H and O–H groups in total. The highest BCUT2D eigenvalue weighted by Crippen LogP contribution is 2.40. The van der Waals surface area contributed by atoms with E-state index in [9.17, 15) is 0 Å². The Hall–Kier alpha value is -9.94. The molecule has 16 heteroatoms. The Bertz CT molecular complexity index is 5880. The van der Waals surface area contributed by atoms with Crippen LogP contribution in [-0.4, -0.2) is 118 Å². The number of nitrogens with zero attached hydrogens (tertiary/aromatic N) is 12. The summed E-state index contributed by atoms with van der Waals surface area (Å²) in [7, 11) is 15.6. The minimum atomic E-state index is 0.0237. The molecule has 0 saturated heterocycles. The van der Waals surface area contributed by atoms with Crippen molar-refractivity contribution in [1.29, 1.82) is 0 Å². The van der Waals surface area contributed by atoms with Gasteiger partial charge >= 0.3 is 27.7 Å². The Morgan fingerprint density at radius 1 is 0.333 bits per heavy atom. The average molecular weight is 1600 g/mol. The van der Waals surface area contributed by atoms with Crippen LogP contribution in [0.4, 0.5) is 5.69 Å². The fraction of sp³-hybridized carbons (Fsp3) is 0.423. The van der Waals surface area contributed by atoms with Crippen molar-refractivity contribution in [1.82, 2.24) is 42.9 Å². The molecule has 120 heavy (non-hydrogen) atoms. The maximum Gasteiger partial charge on any atom is 0.424 e. The first-order valence-electron chi connectivity index (χ1n) is 44.4. The molecular weight excluding hydrogens is 1460 g/mol. The number of fused-ring (bicyclic) bond motifs is 4. The predicted molar refractivity (Wildman–Crippen MR) is 516 cm³/mol. The number of imidazole rings is 2. The fourth-order valence-electron chi connectivity index (χ4n) is 20.9. The van der Waals surface area contributed by atoms with Crippen molar-refractivity contribution in [2.24, 2.45) is 35.8 Å². The van der Waals surface area contributed by atoms with Crippen LogP contribution < -0.4 is 67.2 Å². The van der Waals surface area contributed by atoms with E-state index in [0.29, 0.717) is 29.8 Å². The maximum atomic E-state index is 2.53. The van der Waals surface area contributed by atoms with Gasteiger partial charge in [-0.05, 0) is 165 Å². The second-order valence-corrected chi connectivity index (χ2v) is 40.4. The lowest BCUT2D eigenvalue weighted by atomic mass is 9.50. The molecule has 0 bridgehead atoms. The smallest absolute Gasteiger partial charge is 0.406 e. The van der Waals surface area contributed by atoms with Gasteiger partial charge in [-0.25, -0.2) is 18.3 Å². The molecule has 0 radical (unpaired) electrons. The highest BCUT2D eigenvalue weighted by Gasteiger charge is 2.48. The number of aromatic nitrogens is 4. The number of rotatable bonds is 11. The highest BCUT2D eigenvalue weighted by atomic mass is 15.4. The van der Waals surface area contributed by atoms with E-state index in [1.54, 1.807) is 0 Å². The SMILES string of the molecule is CC1=c2ccccc2=C(C(C)(C)C)N(C)B1N1C=CN(C)[C@@H]1C.CC1=c2ccccc2=C(C(C)(C)C)N(C)B1N1C=CN(c2ccccc2)[C@@H]1C.CC1=c2ccccc2=C(C(C)(C)C)N(C)B1c1n(-c2c(C(C)C)cc(C)cc2C(C)C)cc[n+]1C.CC1=c2ccccc2=C(C(C)(C)C)N(C)B1c1n(-c2c(C(C)C)cccc2C(C)C)cc[n+]1C. The van der Waals surface area contributed by atoms with Crippen LogP contribution in [0.1, 0.15) is 232 Å². The molecule has 12 nitrogen and oxygen atoms in total. The zero-order chi connectivity index (χ0) is 87.8. The molecule has 0 saturated carbocycles. The lowest BCUT2D eigenvalue weighted by Gasteiger charge is -2.44. The number of benzene rings is 7. The maximum absolute atomic E-state index is 2.53. The fourth-order valence-corrected chi connectivity index (χ4v) is 20.9. The number of para-hydroxylation sites is 2. The molecule has 628 valence electrons. The Labute approximate surface area is 724 Å². The average Bonchev–Trinajstić information content (AvgIpc) is 1.17. The van der Waals surface area contributed by atoms with Gasteiger partial charge in [0.1, 0.15) is 36.2 Å². The molecule has 0 fully saturated rings. The van der Waals surface area contributed by atoms with Crippen molar-refractivity contribution in [3.8, 4) is 11.4 Å². The number of hydrogen-bond donors (Lipinski definition) is 0. The standard InChI is InChI=1S/C31H43BN3.C30H41BN3.C24H30BN3.C19H28BN3/c1-20(2)26-18-22(5)19-27(21(3)4)28(26)35-17-16-33(10)30(35)32-23(6)24-14-12-13-15-25(24)29(34(32)11)31(7,8)9;1-20(2)23-16-13-17-24(21(3)4)27(23)34-19-18-32(9)29(34)31-22(5)25-14-11-12-15-26(25)28(33(31)10)30(6,7)8;1-18-21-14-10-11-15-22(21)23(24(3,4)5)26(6)25(18)28-17-16-27(19(28)2)20-12-8-7-9-13-20;1-14-16-10-8-9-11-17(16)18(19(3,4)5)22(7)20(14)23-13-12-21(6)15(23)2/h12-21H,1-11H3;11-21H,1-10H3;7-17,19H,1-6H3;8-13,15H,1-7H3/q2*+1;;/t;;19-;15-/m..00/s1. The van der Waals surface area contributed by atoms with Crippen molar-refractivity contribution in [3.05, 3.63) is 277 Å². The first-order chi connectivity index (χ1) is 56.3. The summed E-state index contributed by atoms with van der Waals surface area (Å²) in [6, 6.07) is 57.8. The van der Waals surface area contributed by atoms with E-state index < -0.39 is 0 Å². The summed E-state index contributed by atoms with van der Waals surface area (Å²) >= 11 is 0. The Morgan fingerprint density at radius 2 is 0.633 bits per heavy atom. The summed E-state index contributed by atoms with van der Waals surface area (Å²) in [6.45, 7) is 63.0. The van der Waals surface area contributed by atoms with Crippen molar-refractivity contribution in [2.75, 3.05) is 40.1 Å². The first kappa shape index (κ1) is 89.3. The zero-order valence-electron chi connectivity index (χ0n) is 79.8. The van der Waals surface area contributed by atoms with Gasteiger partial charge in [0, 0.05) is 104 Å². The topological polar surface area (TPSA) is 43.5 Å². The molecule has 9 aromatic rings. The van der Waals surface area contributed by atoms with Crippen LogP contribution in [0.5, 0.6) is 0 Å². The molecule has 0 amide bonds. The summed E-state index contributed by atoms with van der Waals surface area (Å²) in [4.78, 5) is 19.5. The molecule has 6 aliphatic rings. The van der Waals surface area contributed by atoms with E-state index in [0.717, 1.165) is 0 Å². The molecule has 0 spiro atoms. The second kappa shape index (κ2) is 34.5. The van der Waals surface area contributed by atoms with Gasteiger partial charge in [0.05, 0.1) is 26.4 Å². The van der Waals surface area contributed by atoms with Crippen LogP contribution in [-0.2, 0) is 14.1 Å². The van der Waals surface area contributed by atoms with E-state index in [1.165, 1.54) is 143 Å². The molecule has 8 heterocycles. The van der Waals surface area contributed by atoms with Gasteiger partial charge in [-0.3, -0.25) is 0 Å². The van der Waals surface area contributed by atoms with Crippen molar-refractivity contribution in [3.63, 3.8) is 0 Å². The summed E-state index contributed by atoms with van der Waals surface area (Å²) in [5.41, 5.74) is 25.0. The van der Waals surface area contributed by atoms with Gasteiger partial charge in [-0.2, -0.15) is 0 Å². The first-order valence-corrected chi connectivity index (χ1v) is 44.4. The third-order valence-electron chi connectivity index (χ3n) is 26.1. The predicted octanol–water partition coefficient (Wildman–Crippen LogP) is 14.5. The van der Waals surface area contributed by atoms with Gasteiger partial charge < -0.3 is 38.7 Å². The van der Waals surface area contributed by atoms with Crippen LogP contribution in [0.3, 0.4) is 0 Å². The van der Waals surface area contributed by atoms with Crippen LogP contribution >= 0.6 is 0 Å². The van der Waals surface area contributed by atoms with Gasteiger partial charge in [0.25, 0.3) is 0 Å². The lowest BCUT2D eigenvalue weighted by molar-refractivity contribution is -0.653. The van der Waals surface area contributed by atoms with Gasteiger partial charge in [-0.1, -0.05) is 301 Å². The van der Waals surface area contributed by atoms with Gasteiger partial charge in [0.2, 0.25) is 11.4 Å². The van der Waals surface area contributed by atoms with Crippen molar-refractivity contribution >= 4 is 89.5 Å². The number of anilines is 1. The number of hydrogen-bond acceptors (Lipinski definition) is 8. The van der Waals surface area contributed by atoms with Crippen LogP contribution in [0.2, 0.25) is 0 Å². The zero-order valence-corrected chi connectivity index (χ0v) is 79.8. The minimum absolute atomic E-state index is 0.0237. The van der Waals surface area contributed by atoms with E-state index in [2.05, 4.69) is 501 Å². The third kappa shape index (κ3) is 16.7. The van der Waals surface area contributed by atoms with Crippen molar-refractivity contribution < 1.29 is 9.13 Å². The third-order valence-corrected chi connectivity index (χ3v) is 26.1. The van der Waals surface area contributed by atoms with Crippen LogP contribution in [0.15, 0.2) is 207 Å². The molecular formula is C104H142B4N12+2. The molecule has 6 aliphatic heterocycles. The summed E-state index contributed by atoms with van der Waals surface area (Å²) in [6.07, 6.45) is 18.4. The highest BCUT2D eigenvalue weighted by molar-refractivity contribution is 6.86. The summed E-state index contributed by atoms with van der Waals surface area (Å²) in [5, 5.41) is 10.9. The van der Waals surface area contributed by atoms with E-state index >= 15 is 0 Å². The van der Waals surface area contributed by atoms with Crippen LogP contribution in [0.25, 0.3) is 56.1 Å². The van der Waals surface area contributed by atoms with E-state index in [1.807, 2.05) is 0 Å². The molecule has 0 unspecified atom stereocenters. The summed E-state index contributed by atoms with van der Waals surface area (Å²) < 4.78 is 9.61. The largest absolute Gasteiger partial charge is 0.424 e. The quantitative estimate of drug-likeness (QED) is 0.0938.